The van der Waals surface area contributed by atoms with Crippen LogP contribution < -0.4 is 9.47 Å². The first-order chi connectivity index (χ1) is 10.9. The fourth-order valence-electron chi connectivity index (χ4n) is 1.96. The van der Waals surface area contributed by atoms with E-state index >= 15 is 0 Å². The topological polar surface area (TPSA) is 18.5 Å². The number of para-hydroxylation sites is 1. The molecule has 0 spiro atoms. The number of hydrogen-bond acceptors (Lipinski definition) is 2. The smallest absolute Gasteiger partial charge is 0.119 e. The van der Waals surface area contributed by atoms with Crippen LogP contribution in [0.5, 0.6) is 11.5 Å². The largest absolute Gasteiger partial charge is 0.494 e. The van der Waals surface area contributed by atoms with Gasteiger partial charge in [0.25, 0.3) is 0 Å². The molecule has 0 atom stereocenters. The summed E-state index contributed by atoms with van der Waals surface area (Å²) in [6.45, 7) is 1.51. The zero-order valence-corrected chi connectivity index (χ0v) is 14.7. The maximum Gasteiger partial charge on any atom is 0.119 e. The third-order valence-corrected chi connectivity index (χ3v) is 3.50. The van der Waals surface area contributed by atoms with E-state index in [4.69, 9.17) is 9.47 Å². The van der Waals surface area contributed by atoms with E-state index in [1.165, 1.54) is 5.56 Å². The van der Waals surface area contributed by atoms with E-state index in [0.717, 1.165) is 42.0 Å². The molecule has 116 valence electrons. The van der Waals surface area contributed by atoms with Gasteiger partial charge in [-0.3, -0.25) is 0 Å². The van der Waals surface area contributed by atoms with Crippen molar-refractivity contribution in [3.63, 3.8) is 0 Å². The van der Waals surface area contributed by atoms with Crippen LogP contribution in [-0.4, -0.2) is 17.6 Å². The Morgan fingerprint density at radius 1 is 0.818 bits per heavy atom. The maximum absolute atomic E-state index is 5.66. The van der Waals surface area contributed by atoms with Crippen molar-refractivity contribution >= 4 is 28.7 Å². The minimum absolute atomic E-state index is 0.747. The predicted octanol–water partition coefficient (Wildman–Crippen LogP) is 5.37. The van der Waals surface area contributed by atoms with Gasteiger partial charge in [0.1, 0.15) is 11.5 Å². The van der Waals surface area contributed by atoms with Gasteiger partial charge in [-0.05, 0) is 42.7 Å². The predicted molar refractivity (Wildman–Crippen MR) is 101 cm³/mol. The Hall–Kier alpha value is -1.49. The molecule has 0 unspecified atom stereocenters. The van der Waals surface area contributed by atoms with Crippen LogP contribution in [0.1, 0.15) is 18.4 Å². The lowest BCUT2D eigenvalue weighted by atomic mass is 10.2. The molecule has 0 saturated carbocycles. The van der Waals surface area contributed by atoms with Gasteiger partial charge in [-0.2, -0.15) is 0 Å². The maximum atomic E-state index is 5.66. The van der Waals surface area contributed by atoms with Crippen LogP contribution in [0.3, 0.4) is 0 Å². The van der Waals surface area contributed by atoms with E-state index in [0.29, 0.717) is 0 Å². The highest BCUT2D eigenvalue weighted by atomic mass is 127. The zero-order valence-electron chi connectivity index (χ0n) is 12.6. The molecule has 0 radical (unpaired) electrons. The van der Waals surface area contributed by atoms with Gasteiger partial charge in [0.2, 0.25) is 0 Å². The molecule has 0 fully saturated rings. The molecule has 0 aliphatic carbocycles. The molecular weight excluding hydrogens is 387 g/mol. The number of rotatable bonds is 9. The number of allylic oxidation sites excluding steroid dienone is 1. The van der Waals surface area contributed by atoms with Crippen molar-refractivity contribution in [2.75, 3.05) is 17.6 Å². The Balaban J connectivity index is 1.65. The van der Waals surface area contributed by atoms with Crippen molar-refractivity contribution in [2.24, 2.45) is 0 Å². The molecule has 0 aliphatic rings. The van der Waals surface area contributed by atoms with Crippen LogP contribution >= 0.6 is 22.6 Å². The zero-order chi connectivity index (χ0) is 15.5. The van der Waals surface area contributed by atoms with Crippen LogP contribution in [-0.2, 0) is 0 Å². The van der Waals surface area contributed by atoms with Crippen molar-refractivity contribution in [3.8, 4) is 11.5 Å². The van der Waals surface area contributed by atoms with E-state index in [-0.39, 0.29) is 0 Å². The van der Waals surface area contributed by atoms with Crippen LogP contribution in [0.25, 0.3) is 6.08 Å². The lowest BCUT2D eigenvalue weighted by Crippen LogP contribution is -1.97. The van der Waals surface area contributed by atoms with Crippen molar-refractivity contribution in [2.45, 2.75) is 12.8 Å². The van der Waals surface area contributed by atoms with Crippen LogP contribution in [0.4, 0.5) is 0 Å². The Labute approximate surface area is 146 Å². The molecule has 0 heterocycles. The lowest BCUT2D eigenvalue weighted by Gasteiger charge is -2.04. The van der Waals surface area contributed by atoms with Crippen molar-refractivity contribution < 1.29 is 9.47 Å². The summed E-state index contributed by atoms with van der Waals surface area (Å²) in [7, 11) is 0. The Bertz CT molecular complexity index is 549. The second kappa shape index (κ2) is 10.3. The second-order valence-electron chi connectivity index (χ2n) is 4.81. The van der Waals surface area contributed by atoms with Crippen molar-refractivity contribution in [3.05, 3.63) is 66.2 Å². The van der Waals surface area contributed by atoms with E-state index < -0.39 is 0 Å². The highest BCUT2D eigenvalue weighted by Gasteiger charge is 1.93. The average molecular weight is 408 g/mol. The number of hydrogen-bond donors (Lipinski definition) is 0. The fraction of sp³-hybridized carbons (Fsp3) is 0.263. The molecule has 0 bridgehead atoms. The van der Waals surface area contributed by atoms with Gasteiger partial charge < -0.3 is 9.47 Å². The van der Waals surface area contributed by atoms with Gasteiger partial charge in [-0.1, -0.05) is 65.1 Å². The number of alkyl halides is 1. The first kappa shape index (κ1) is 16.9. The highest BCUT2D eigenvalue weighted by molar-refractivity contribution is 14.1. The summed E-state index contributed by atoms with van der Waals surface area (Å²) >= 11 is 2.31. The molecule has 22 heavy (non-hydrogen) atoms. The van der Waals surface area contributed by atoms with E-state index in [9.17, 15) is 0 Å². The van der Waals surface area contributed by atoms with Gasteiger partial charge in [-0.25, -0.2) is 0 Å². The molecule has 0 aromatic heterocycles. The molecule has 0 aliphatic heterocycles. The van der Waals surface area contributed by atoms with Gasteiger partial charge in [0, 0.05) is 4.43 Å². The molecule has 3 heteroatoms. The monoisotopic (exact) mass is 408 g/mol. The van der Waals surface area contributed by atoms with E-state index in [2.05, 4.69) is 46.9 Å². The third kappa shape index (κ3) is 6.52. The second-order valence-corrected chi connectivity index (χ2v) is 5.89. The van der Waals surface area contributed by atoms with Crippen LogP contribution in [0.15, 0.2) is 60.7 Å². The minimum atomic E-state index is 0.747. The number of unbranched alkanes of at least 4 members (excludes halogenated alkanes) is 1. The molecule has 0 amide bonds. The molecular formula is C19H21IO2. The summed E-state index contributed by atoms with van der Waals surface area (Å²) in [4.78, 5) is 0. The van der Waals surface area contributed by atoms with E-state index in [1.54, 1.807) is 0 Å². The first-order valence-electron chi connectivity index (χ1n) is 7.52. The molecule has 2 aromatic rings. The molecule has 2 nitrogen and oxygen atoms in total. The molecule has 0 N–H and O–H groups in total. The third-order valence-electron chi connectivity index (χ3n) is 3.06. The summed E-state index contributed by atoms with van der Waals surface area (Å²) in [6, 6.07) is 18.1. The molecule has 0 saturated heterocycles. The molecule has 2 aromatic carbocycles. The average Bonchev–Trinajstić information content (AvgIpc) is 2.58. The van der Waals surface area contributed by atoms with Gasteiger partial charge in [0.05, 0.1) is 13.2 Å². The summed E-state index contributed by atoms with van der Waals surface area (Å²) in [5, 5.41) is 0. The normalized spacial score (nSPS) is 10.8. The SMILES string of the molecule is ICCOc1ccc(/C=C\CCCOc2ccccc2)cc1. The quantitative estimate of drug-likeness (QED) is 0.316. The van der Waals surface area contributed by atoms with Crippen molar-refractivity contribution in [1.29, 1.82) is 0 Å². The Morgan fingerprint density at radius 2 is 1.50 bits per heavy atom. The minimum Gasteiger partial charge on any atom is -0.494 e. The molecule has 2 rings (SSSR count). The van der Waals surface area contributed by atoms with Gasteiger partial charge >= 0.3 is 0 Å². The Morgan fingerprint density at radius 3 is 2.23 bits per heavy atom. The number of benzene rings is 2. The summed E-state index contributed by atoms with van der Waals surface area (Å²) in [5.74, 6) is 1.87. The highest BCUT2D eigenvalue weighted by Crippen LogP contribution is 2.14. The standard InChI is InChI=1S/C19H21IO2/c20-14-16-22-19-12-10-17(11-13-19)7-3-2-6-15-21-18-8-4-1-5-9-18/h1,3-5,7-13H,2,6,14-16H2/b7-3-. The van der Waals surface area contributed by atoms with Crippen LogP contribution in [0.2, 0.25) is 0 Å². The lowest BCUT2D eigenvalue weighted by molar-refractivity contribution is 0.312. The van der Waals surface area contributed by atoms with Crippen molar-refractivity contribution in [1.82, 2.24) is 0 Å². The van der Waals surface area contributed by atoms with E-state index in [1.807, 2.05) is 42.5 Å². The van der Waals surface area contributed by atoms with Gasteiger partial charge in [-0.15, -0.1) is 0 Å². The number of ether oxygens (including phenoxy) is 2. The summed E-state index contributed by atoms with van der Waals surface area (Å²) < 4.78 is 12.2. The summed E-state index contributed by atoms with van der Waals surface area (Å²) in [6.07, 6.45) is 6.36. The first-order valence-corrected chi connectivity index (χ1v) is 9.04. The number of halogens is 1. The van der Waals surface area contributed by atoms with Crippen LogP contribution in [0, 0.1) is 0 Å². The summed E-state index contributed by atoms with van der Waals surface area (Å²) in [5.41, 5.74) is 1.20. The Kier molecular flexibility index (Phi) is 7.88. The fourth-order valence-corrected chi connectivity index (χ4v) is 2.18. The van der Waals surface area contributed by atoms with Gasteiger partial charge in [0.15, 0.2) is 0 Å².